The third-order valence-electron chi connectivity index (χ3n) is 6.70. The Balaban J connectivity index is 1.31. The first kappa shape index (κ1) is 21.9. The zero-order chi connectivity index (χ0) is 23.0. The molecule has 1 aliphatic heterocycles. The van der Waals surface area contributed by atoms with Gasteiger partial charge in [0.15, 0.2) is 0 Å². The van der Waals surface area contributed by atoms with Crippen molar-refractivity contribution >= 4 is 0 Å². The summed E-state index contributed by atoms with van der Waals surface area (Å²) in [5.41, 5.74) is 0.773. The largest absolute Gasteiger partial charge is 0.460 e. The average Bonchev–Trinajstić information content (AvgIpc) is 3.28. The van der Waals surface area contributed by atoms with E-state index in [4.69, 9.17) is 9.40 Å². The number of aromatic amines is 1. The van der Waals surface area contributed by atoms with E-state index in [0.29, 0.717) is 43.3 Å². The first-order valence-electron chi connectivity index (χ1n) is 11.5. The Labute approximate surface area is 189 Å². The number of nitrogens with one attached hydrogen (secondary N) is 1. The number of halogens is 3. The molecule has 0 radical (unpaired) electrons. The van der Waals surface area contributed by atoms with Gasteiger partial charge in [-0.2, -0.15) is 13.2 Å². The van der Waals surface area contributed by atoms with E-state index in [2.05, 4.69) is 9.88 Å². The second-order valence-corrected chi connectivity index (χ2v) is 8.98. The monoisotopic (exact) mass is 457 g/mol. The standard InChI is InChI=1S/C25H26F3N3O2/c26-25(27,28)20-9-5-4-8-18(20)22-11-10-17(33-22)14-31-13-12-21-19(15-31)24(32)30-23(29-21)16-6-2-1-3-7-16/h4-5,8-11,16H,1-3,6-7,12-15H2,(H,29,30,32). The summed E-state index contributed by atoms with van der Waals surface area (Å²) in [5, 5.41) is 0. The molecule has 8 heteroatoms. The predicted molar refractivity (Wildman–Crippen MR) is 118 cm³/mol. The highest BCUT2D eigenvalue weighted by Crippen LogP contribution is 2.37. The minimum atomic E-state index is -4.45. The van der Waals surface area contributed by atoms with Crippen LogP contribution in [0.15, 0.2) is 45.6 Å². The lowest BCUT2D eigenvalue weighted by molar-refractivity contribution is -0.137. The fourth-order valence-electron chi connectivity index (χ4n) is 4.98. The molecule has 1 N–H and O–H groups in total. The summed E-state index contributed by atoms with van der Waals surface area (Å²) >= 11 is 0. The quantitative estimate of drug-likeness (QED) is 0.550. The van der Waals surface area contributed by atoms with Crippen molar-refractivity contribution in [2.45, 2.75) is 63.7 Å². The number of aromatic nitrogens is 2. The molecule has 5 nitrogen and oxygen atoms in total. The van der Waals surface area contributed by atoms with Gasteiger partial charge in [-0.25, -0.2) is 4.98 Å². The molecule has 0 saturated heterocycles. The fraction of sp³-hybridized carbons (Fsp3) is 0.440. The predicted octanol–water partition coefficient (Wildman–Crippen LogP) is 5.65. The second-order valence-electron chi connectivity index (χ2n) is 8.98. The normalized spacial score (nSPS) is 17.8. The molecule has 2 aliphatic rings. The summed E-state index contributed by atoms with van der Waals surface area (Å²) in [5.74, 6) is 1.92. The molecular formula is C25H26F3N3O2. The topological polar surface area (TPSA) is 62.1 Å². The maximum Gasteiger partial charge on any atom is 0.417 e. The van der Waals surface area contributed by atoms with Crippen molar-refractivity contribution in [3.8, 4) is 11.3 Å². The van der Waals surface area contributed by atoms with Gasteiger partial charge in [0, 0.05) is 31.0 Å². The van der Waals surface area contributed by atoms with E-state index in [1.165, 1.54) is 31.4 Å². The Hall–Kier alpha value is -2.87. The number of H-pyrrole nitrogens is 1. The maximum absolute atomic E-state index is 13.4. The first-order valence-corrected chi connectivity index (χ1v) is 11.5. The lowest BCUT2D eigenvalue weighted by atomic mass is 9.88. The molecule has 5 rings (SSSR count). The zero-order valence-corrected chi connectivity index (χ0v) is 18.3. The molecule has 174 valence electrons. The van der Waals surface area contributed by atoms with E-state index >= 15 is 0 Å². The molecular weight excluding hydrogens is 431 g/mol. The van der Waals surface area contributed by atoms with Crippen LogP contribution in [0.4, 0.5) is 13.2 Å². The molecule has 1 saturated carbocycles. The molecule has 3 aromatic rings. The molecule has 1 fully saturated rings. The van der Waals surface area contributed by atoms with E-state index in [0.717, 1.165) is 30.4 Å². The Morgan fingerprint density at radius 2 is 1.88 bits per heavy atom. The van der Waals surface area contributed by atoms with Crippen molar-refractivity contribution in [3.05, 3.63) is 75.2 Å². The van der Waals surface area contributed by atoms with Gasteiger partial charge in [0.25, 0.3) is 5.56 Å². The highest BCUT2D eigenvalue weighted by atomic mass is 19.4. The molecule has 3 heterocycles. The SMILES string of the molecule is O=c1[nH]c(C2CCCCC2)nc2c1CN(Cc1ccc(-c3ccccc3C(F)(F)F)o1)CC2. The number of nitrogens with zero attached hydrogens (tertiary/aromatic N) is 2. The van der Waals surface area contributed by atoms with Gasteiger partial charge in [0.1, 0.15) is 17.3 Å². The van der Waals surface area contributed by atoms with Crippen LogP contribution in [0.25, 0.3) is 11.3 Å². The van der Waals surface area contributed by atoms with Crippen molar-refractivity contribution in [1.82, 2.24) is 14.9 Å². The second kappa shape index (κ2) is 8.82. The lowest BCUT2D eigenvalue weighted by Gasteiger charge is -2.28. The summed E-state index contributed by atoms with van der Waals surface area (Å²) < 4.78 is 45.8. The molecule has 0 atom stereocenters. The van der Waals surface area contributed by atoms with Crippen LogP contribution in [-0.2, 0) is 25.7 Å². The summed E-state index contributed by atoms with van der Waals surface area (Å²) in [4.78, 5) is 22.7. The number of furan rings is 1. The summed E-state index contributed by atoms with van der Waals surface area (Å²) in [7, 11) is 0. The van der Waals surface area contributed by atoms with E-state index in [-0.39, 0.29) is 16.9 Å². The minimum absolute atomic E-state index is 0.0242. The van der Waals surface area contributed by atoms with E-state index in [1.807, 2.05) is 0 Å². The number of fused-ring (bicyclic) bond motifs is 1. The maximum atomic E-state index is 13.4. The molecule has 0 amide bonds. The van der Waals surface area contributed by atoms with Gasteiger partial charge in [-0.05, 0) is 31.0 Å². The fourth-order valence-corrected chi connectivity index (χ4v) is 4.98. The van der Waals surface area contributed by atoms with Crippen LogP contribution in [-0.4, -0.2) is 21.4 Å². The molecule has 1 aromatic carbocycles. The van der Waals surface area contributed by atoms with Crippen LogP contribution in [0, 0.1) is 0 Å². The number of rotatable bonds is 4. The Kier molecular flexibility index (Phi) is 5.86. The van der Waals surface area contributed by atoms with Crippen molar-refractivity contribution in [3.63, 3.8) is 0 Å². The third kappa shape index (κ3) is 4.62. The number of alkyl halides is 3. The summed E-state index contributed by atoms with van der Waals surface area (Å²) in [6, 6.07) is 8.68. The Morgan fingerprint density at radius 1 is 1.09 bits per heavy atom. The minimum Gasteiger partial charge on any atom is -0.460 e. The van der Waals surface area contributed by atoms with Crippen LogP contribution >= 0.6 is 0 Å². The first-order chi connectivity index (χ1) is 15.9. The number of benzene rings is 1. The molecule has 0 spiro atoms. The Morgan fingerprint density at radius 3 is 2.67 bits per heavy atom. The smallest absolute Gasteiger partial charge is 0.417 e. The van der Waals surface area contributed by atoms with Crippen LogP contribution in [0.5, 0.6) is 0 Å². The molecule has 0 unspecified atom stereocenters. The van der Waals surface area contributed by atoms with Crippen molar-refractivity contribution in [1.29, 1.82) is 0 Å². The number of hydrogen-bond donors (Lipinski definition) is 1. The number of hydrogen-bond acceptors (Lipinski definition) is 4. The third-order valence-corrected chi connectivity index (χ3v) is 6.70. The molecule has 1 aliphatic carbocycles. The molecule has 2 aromatic heterocycles. The summed E-state index contributed by atoms with van der Waals surface area (Å²) in [6.07, 6.45) is 1.97. The zero-order valence-electron chi connectivity index (χ0n) is 18.3. The highest BCUT2D eigenvalue weighted by Gasteiger charge is 2.34. The molecule has 0 bridgehead atoms. The van der Waals surface area contributed by atoms with Crippen LogP contribution in [0.1, 0.15) is 66.4 Å². The Bertz CT molecular complexity index is 1190. The van der Waals surface area contributed by atoms with Gasteiger partial charge >= 0.3 is 6.18 Å². The van der Waals surface area contributed by atoms with E-state index < -0.39 is 11.7 Å². The summed E-state index contributed by atoms with van der Waals surface area (Å²) in [6.45, 7) is 1.57. The van der Waals surface area contributed by atoms with Crippen molar-refractivity contribution in [2.75, 3.05) is 6.54 Å². The van der Waals surface area contributed by atoms with Gasteiger partial charge < -0.3 is 9.40 Å². The lowest BCUT2D eigenvalue weighted by Crippen LogP contribution is -2.36. The highest BCUT2D eigenvalue weighted by molar-refractivity contribution is 5.63. The van der Waals surface area contributed by atoms with Crippen LogP contribution in [0.3, 0.4) is 0 Å². The van der Waals surface area contributed by atoms with Gasteiger partial charge in [-0.15, -0.1) is 0 Å². The average molecular weight is 457 g/mol. The van der Waals surface area contributed by atoms with E-state index in [9.17, 15) is 18.0 Å². The van der Waals surface area contributed by atoms with Crippen molar-refractivity contribution < 1.29 is 17.6 Å². The van der Waals surface area contributed by atoms with E-state index in [1.54, 1.807) is 18.2 Å². The molecule has 33 heavy (non-hydrogen) atoms. The van der Waals surface area contributed by atoms with Crippen LogP contribution < -0.4 is 5.56 Å². The van der Waals surface area contributed by atoms with Gasteiger partial charge in [0.2, 0.25) is 0 Å². The van der Waals surface area contributed by atoms with Gasteiger partial charge in [-0.3, -0.25) is 9.69 Å². The van der Waals surface area contributed by atoms with Gasteiger partial charge in [0.05, 0.1) is 23.4 Å². The van der Waals surface area contributed by atoms with Crippen molar-refractivity contribution in [2.24, 2.45) is 0 Å². The van der Waals surface area contributed by atoms with Crippen LogP contribution in [0.2, 0.25) is 0 Å². The van der Waals surface area contributed by atoms with Gasteiger partial charge in [-0.1, -0.05) is 37.5 Å².